The highest BCUT2D eigenvalue weighted by molar-refractivity contribution is 6.02. The van der Waals surface area contributed by atoms with Gasteiger partial charge in [-0.05, 0) is 32.0 Å². The van der Waals surface area contributed by atoms with Crippen molar-refractivity contribution in [3.05, 3.63) is 23.8 Å². The minimum absolute atomic E-state index is 0.0246. The predicted octanol–water partition coefficient (Wildman–Crippen LogP) is 1.80. The molecule has 0 atom stereocenters. The number of ether oxygens (including phenoxy) is 1. The molecule has 1 amide bonds. The minimum Gasteiger partial charge on any atom is -0.482 e. The molecule has 0 aromatic heterocycles. The van der Waals surface area contributed by atoms with Crippen molar-refractivity contribution in [1.29, 1.82) is 0 Å². The second-order valence-electron chi connectivity index (χ2n) is 3.97. The first-order valence-electron chi connectivity index (χ1n) is 5.82. The number of benzene rings is 1. The number of carbonyl (C=O) groups is 1. The van der Waals surface area contributed by atoms with Crippen molar-refractivity contribution >= 4 is 17.3 Å². The lowest BCUT2D eigenvalue weighted by Gasteiger charge is -2.28. The van der Waals surface area contributed by atoms with Crippen LogP contribution in [-0.4, -0.2) is 31.9 Å². The Morgan fingerprint density at radius 1 is 1.56 bits per heavy atom. The first-order valence-corrected chi connectivity index (χ1v) is 5.82. The van der Waals surface area contributed by atoms with Gasteiger partial charge >= 0.3 is 0 Å². The summed E-state index contributed by atoms with van der Waals surface area (Å²) in [6.07, 6.45) is 0. The van der Waals surface area contributed by atoms with Gasteiger partial charge in [0.05, 0.1) is 11.4 Å². The van der Waals surface area contributed by atoms with Crippen molar-refractivity contribution < 1.29 is 14.4 Å². The number of rotatable bonds is 3. The smallest absolute Gasteiger partial charge is 0.265 e. The fraction of sp³-hybridized carbons (Fsp3) is 0.385. The van der Waals surface area contributed by atoms with Gasteiger partial charge in [0.1, 0.15) is 12.9 Å². The first kappa shape index (κ1) is 12.4. The highest BCUT2D eigenvalue weighted by Gasteiger charge is 2.24. The lowest BCUT2D eigenvalue weighted by atomic mass is 10.1. The summed E-state index contributed by atoms with van der Waals surface area (Å²) >= 11 is 0. The molecule has 2 rings (SSSR count). The summed E-state index contributed by atoms with van der Waals surface area (Å²) < 4.78 is 5.40. The number of nitrogens with zero attached hydrogens (tertiary/aromatic N) is 2. The first-order chi connectivity index (χ1) is 8.67. The van der Waals surface area contributed by atoms with Crippen molar-refractivity contribution in [3.63, 3.8) is 0 Å². The largest absolute Gasteiger partial charge is 0.482 e. The Labute approximate surface area is 106 Å². The molecular formula is C13H16N2O3. The van der Waals surface area contributed by atoms with Crippen LogP contribution >= 0.6 is 0 Å². The fourth-order valence-electron chi connectivity index (χ4n) is 1.96. The van der Waals surface area contributed by atoms with Gasteiger partial charge < -0.3 is 14.5 Å². The zero-order valence-corrected chi connectivity index (χ0v) is 10.8. The summed E-state index contributed by atoms with van der Waals surface area (Å²) in [6.45, 7) is 4.52. The quantitative estimate of drug-likeness (QED) is 0.605. The summed E-state index contributed by atoms with van der Waals surface area (Å²) in [5.74, 6) is 0.703. The average Bonchev–Trinajstić information content (AvgIpc) is 2.38. The molecule has 1 aliphatic rings. The van der Waals surface area contributed by atoms with E-state index in [1.165, 1.54) is 7.11 Å². The van der Waals surface area contributed by atoms with Crippen molar-refractivity contribution in [2.45, 2.75) is 13.8 Å². The molecule has 5 nitrogen and oxygen atoms in total. The van der Waals surface area contributed by atoms with Crippen LogP contribution in [0.1, 0.15) is 19.4 Å². The Kier molecular flexibility index (Phi) is 3.50. The van der Waals surface area contributed by atoms with Gasteiger partial charge in [0.15, 0.2) is 6.61 Å². The fourth-order valence-corrected chi connectivity index (χ4v) is 1.96. The summed E-state index contributed by atoms with van der Waals surface area (Å²) in [5.41, 5.74) is 2.46. The van der Waals surface area contributed by atoms with Crippen molar-refractivity contribution in [2.24, 2.45) is 5.16 Å². The van der Waals surface area contributed by atoms with Gasteiger partial charge in [0, 0.05) is 12.1 Å². The monoisotopic (exact) mass is 248 g/mol. The van der Waals surface area contributed by atoms with Gasteiger partial charge in [-0.1, -0.05) is 5.16 Å². The third kappa shape index (κ3) is 2.16. The van der Waals surface area contributed by atoms with E-state index in [1.807, 2.05) is 32.0 Å². The van der Waals surface area contributed by atoms with E-state index in [0.717, 1.165) is 22.7 Å². The molecule has 18 heavy (non-hydrogen) atoms. The van der Waals surface area contributed by atoms with Crippen molar-refractivity contribution in [2.75, 3.05) is 25.2 Å². The molecule has 0 N–H and O–H groups in total. The second kappa shape index (κ2) is 5.08. The average molecular weight is 248 g/mol. The van der Waals surface area contributed by atoms with E-state index in [9.17, 15) is 4.79 Å². The molecule has 0 saturated carbocycles. The van der Waals surface area contributed by atoms with E-state index in [1.54, 1.807) is 4.90 Å². The molecule has 1 aromatic rings. The van der Waals surface area contributed by atoms with Crippen LogP contribution in [0.3, 0.4) is 0 Å². The molecule has 0 spiro atoms. The Bertz CT molecular complexity index is 497. The van der Waals surface area contributed by atoms with Crippen LogP contribution in [0.4, 0.5) is 5.69 Å². The highest BCUT2D eigenvalue weighted by atomic mass is 16.6. The van der Waals surface area contributed by atoms with E-state index in [0.29, 0.717) is 6.54 Å². The number of anilines is 1. The molecule has 0 unspecified atom stereocenters. The standard InChI is InChI=1S/C13H16N2O3/c1-4-15-11-7-10(9(2)14-17-3)5-6-12(11)18-8-13(15)16/h5-7H,4,8H2,1-3H3/b14-9-. The Morgan fingerprint density at radius 3 is 3.00 bits per heavy atom. The number of amides is 1. The third-order valence-electron chi connectivity index (χ3n) is 2.86. The van der Waals surface area contributed by atoms with Crippen LogP contribution in [-0.2, 0) is 9.63 Å². The van der Waals surface area contributed by atoms with E-state index < -0.39 is 0 Å². The zero-order chi connectivity index (χ0) is 13.1. The number of likely N-dealkylation sites (N-methyl/N-ethyl adjacent to an activating group) is 1. The maximum Gasteiger partial charge on any atom is 0.265 e. The SMILES string of the molecule is CCN1C(=O)COc2ccc(/C(C)=N\OC)cc21. The van der Waals surface area contributed by atoms with E-state index in [2.05, 4.69) is 5.16 Å². The topological polar surface area (TPSA) is 51.1 Å². The maximum atomic E-state index is 11.7. The van der Waals surface area contributed by atoms with Gasteiger partial charge in [0.25, 0.3) is 5.91 Å². The van der Waals surface area contributed by atoms with E-state index in [-0.39, 0.29) is 12.5 Å². The van der Waals surface area contributed by atoms with E-state index >= 15 is 0 Å². The number of hydrogen-bond donors (Lipinski definition) is 0. The molecule has 0 fully saturated rings. The summed E-state index contributed by atoms with van der Waals surface area (Å²) in [6, 6.07) is 5.66. The van der Waals surface area contributed by atoms with Crippen LogP contribution in [0.15, 0.2) is 23.4 Å². The van der Waals surface area contributed by atoms with Crippen LogP contribution in [0.25, 0.3) is 0 Å². The van der Waals surface area contributed by atoms with Crippen molar-refractivity contribution in [1.82, 2.24) is 0 Å². The summed E-state index contributed by atoms with van der Waals surface area (Å²) in [4.78, 5) is 18.2. The number of fused-ring (bicyclic) bond motifs is 1. The minimum atomic E-state index is -0.0246. The van der Waals surface area contributed by atoms with Gasteiger partial charge in [-0.3, -0.25) is 4.79 Å². The molecule has 0 bridgehead atoms. The van der Waals surface area contributed by atoms with Crippen LogP contribution in [0.5, 0.6) is 5.75 Å². The summed E-state index contributed by atoms with van der Waals surface area (Å²) in [7, 11) is 1.51. The second-order valence-corrected chi connectivity index (χ2v) is 3.97. The van der Waals surface area contributed by atoms with Crippen LogP contribution in [0.2, 0.25) is 0 Å². The lowest BCUT2D eigenvalue weighted by molar-refractivity contribution is -0.121. The van der Waals surface area contributed by atoms with Crippen LogP contribution in [0, 0.1) is 0 Å². The molecule has 96 valence electrons. The molecule has 1 heterocycles. The number of hydrogen-bond acceptors (Lipinski definition) is 4. The molecule has 1 aliphatic heterocycles. The van der Waals surface area contributed by atoms with Crippen molar-refractivity contribution in [3.8, 4) is 5.75 Å². The Morgan fingerprint density at radius 2 is 2.33 bits per heavy atom. The molecular weight excluding hydrogens is 232 g/mol. The molecule has 0 radical (unpaired) electrons. The van der Waals surface area contributed by atoms with Crippen LogP contribution < -0.4 is 9.64 Å². The summed E-state index contributed by atoms with van der Waals surface area (Å²) in [5, 5.41) is 3.89. The number of oxime groups is 1. The zero-order valence-electron chi connectivity index (χ0n) is 10.8. The molecule has 1 aromatic carbocycles. The molecule has 0 aliphatic carbocycles. The predicted molar refractivity (Wildman–Crippen MR) is 69.2 cm³/mol. The highest BCUT2D eigenvalue weighted by Crippen LogP contribution is 2.32. The third-order valence-corrected chi connectivity index (χ3v) is 2.86. The molecule has 5 heteroatoms. The van der Waals surface area contributed by atoms with Gasteiger partial charge in [0.2, 0.25) is 0 Å². The Hall–Kier alpha value is -2.04. The van der Waals surface area contributed by atoms with E-state index in [4.69, 9.17) is 9.57 Å². The van der Waals surface area contributed by atoms with Gasteiger partial charge in [-0.15, -0.1) is 0 Å². The molecule has 0 saturated heterocycles. The number of carbonyl (C=O) groups excluding carboxylic acids is 1. The van der Waals surface area contributed by atoms with Gasteiger partial charge in [-0.25, -0.2) is 0 Å². The normalized spacial score (nSPS) is 15.2. The lowest BCUT2D eigenvalue weighted by Crippen LogP contribution is -2.38. The Balaban J connectivity index is 2.44. The maximum absolute atomic E-state index is 11.7. The van der Waals surface area contributed by atoms with Gasteiger partial charge in [-0.2, -0.15) is 0 Å².